The van der Waals surface area contributed by atoms with Crippen LogP contribution >= 0.6 is 0 Å². The third kappa shape index (κ3) is 5.94. The summed E-state index contributed by atoms with van der Waals surface area (Å²) >= 11 is 0. The van der Waals surface area contributed by atoms with Crippen LogP contribution in [0.1, 0.15) is 41.7 Å². The maximum absolute atomic E-state index is 13.0. The van der Waals surface area contributed by atoms with Crippen LogP contribution in [-0.2, 0) is 11.3 Å². The van der Waals surface area contributed by atoms with Crippen molar-refractivity contribution in [1.29, 1.82) is 0 Å². The zero-order valence-corrected chi connectivity index (χ0v) is 18.2. The SMILES string of the molecule is O=C(CCN(CCN1CCCCC1)C(=O)c1cnccn1)NCc1ccc2c(c1)OCO2. The molecule has 1 aromatic heterocycles. The van der Waals surface area contributed by atoms with Gasteiger partial charge in [0.25, 0.3) is 5.91 Å². The molecule has 2 aliphatic rings. The van der Waals surface area contributed by atoms with Gasteiger partial charge < -0.3 is 24.6 Å². The molecule has 32 heavy (non-hydrogen) atoms. The zero-order chi connectivity index (χ0) is 22.2. The van der Waals surface area contributed by atoms with E-state index in [0.717, 1.165) is 25.2 Å². The Hall–Kier alpha value is -3.20. The fraction of sp³-hybridized carbons (Fsp3) is 0.478. The van der Waals surface area contributed by atoms with E-state index >= 15 is 0 Å². The van der Waals surface area contributed by atoms with E-state index in [1.54, 1.807) is 11.1 Å². The van der Waals surface area contributed by atoms with Crippen molar-refractivity contribution in [2.45, 2.75) is 32.2 Å². The molecular weight excluding hydrogens is 410 g/mol. The molecule has 2 aliphatic heterocycles. The van der Waals surface area contributed by atoms with Gasteiger partial charge in [0, 0.05) is 45.0 Å². The predicted molar refractivity (Wildman–Crippen MR) is 117 cm³/mol. The van der Waals surface area contributed by atoms with Crippen molar-refractivity contribution in [3.8, 4) is 11.5 Å². The molecule has 0 radical (unpaired) electrons. The molecule has 1 saturated heterocycles. The minimum atomic E-state index is -0.196. The number of nitrogens with zero attached hydrogens (tertiary/aromatic N) is 4. The summed E-state index contributed by atoms with van der Waals surface area (Å²) in [6.45, 7) is 4.41. The van der Waals surface area contributed by atoms with Crippen LogP contribution in [0.25, 0.3) is 0 Å². The lowest BCUT2D eigenvalue weighted by atomic mass is 10.1. The Labute approximate surface area is 187 Å². The van der Waals surface area contributed by atoms with Crippen LogP contribution in [0.15, 0.2) is 36.8 Å². The Morgan fingerprint density at radius 2 is 1.91 bits per heavy atom. The monoisotopic (exact) mass is 439 g/mol. The third-order valence-corrected chi connectivity index (χ3v) is 5.74. The lowest BCUT2D eigenvalue weighted by Crippen LogP contribution is -2.42. The standard InChI is InChI=1S/C23H29N5O4/c29-22(26-15-18-4-5-20-21(14-18)32-17-31-20)6-11-28(13-12-27-9-2-1-3-10-27)23(30)19-16-24-7-8-25-19/h4-5,7-8,14,16H,1-3,6,9-13,15,17H2,(H,26,29). The number of nitrogens with one attached hydrogen (secondary N) is 1. The summed E-state index contributed by atoms with van der Waals surface area (Å²) in [4.78, 5) is 37.7. The van der Waals surface area contributed by atoms with Crippen LogP contribution < -0.4 is 14.8 Å². The number of fused-ring (bicyclic) bond motifs is 1. The molecule has 2 aromatic rings. The van der Waals surface area contributed by atoms with Crippen LogP contribution in [0.3, 0.4) is 0 Å². The fourth-order valence-electron chi connectivity index (χ4n) is 3.91. The molecule has 0 unspecified atom stereocenters. The number of piperidine rings is 1. The van der Waals surface area contributed by atoms with E-state index in [4.69, 9.17) is 9.47 Å². The largest absolute Gasteiger partial charge is 0.454 e. The highest BCUT2D eigenvalue weighted by Gasteiger charge is 2.20. The molecule has 9 nitrogen and oxygen atoms in total. The summed E-state index contributed by atoms with van der Waals surface area (Å²) in [7, 11) is 0. The van der Waals surface area contributed by atoms with Crippen LogP contribution in [0.2, 0.25) is 0 Å². The highest BCUT2D eigenvalue weighted by molar-refractivity contribution is 5.92. The normalized spacial score (nSPS) is 15.4. The molecular formula is C23H29N5O4. The van der Waals surface area contributed by atoms with Crippen molar-refractivity contribution in [3.05, 3.63) is 48.0 Å². The van der Waals surface area contributed by atoms with E-state index in [1.807, 2.05) is 18.2 Å². The van der Waals surface area contributed by atoms with E-state index in [2.05, 4.69) is 20.2 Å². The Morgan fingerprint density at radius 3 is 2.72 bits per heavy atom. The molecule has 1 N–H and O–H groups in total. The van der Waals surface area contributed by atoms with E-state index < -0.39 is 0 Å². The average Bonchev–Trinajstić information content (AvgIpc) is 3.31. The molecule has 3 heterocycles. The molecule has 0 aliphatic carbocycles. The third-order valence-electron chi connectivity index (χ3n) is 5.74. The summed E-state index contributed by atoms with van der Waals surface area (Å²) in [5.74, 6) is 1.10. The van der Waals surface area contributed by atoms with Gasteiger partial charge in [-0.05, 0) is 43.6 Å². The summed E-state index contributed by atoms with van der Waals surface area (Å²) < 4.78 is 10.7. The van der Waals surface area contributed by atoms with Gasteiger partial charge in [0.15, 0.2) is 11.5 Å². The Balaban J connectivity index is 1.30. The highest BCUT2D eigenvalue weighted by Crippen LogP contribution is 2.32. The van der Waals surface area contributed by atoms with Crippen LogP contribution in [0.5, 0.6) is 11.5 Å². The minimum Gasteiger partial charge on any atom is -0.454 e. The van der Waals surface area contributed by atoms with E-state index in [9.17, 15) is 9.59 Å². The van der Waals surface area contributed by atoms with Crippen LogP contribution in [0, 0.1) is 0 Å². The molecule has 2 amide bonds. The Morgan fingerprint density at radius 1 is 1.06 bits per heavy atom. The zero-order valence-electron chi connectivity index (χ0n) is 18.2. The van der Waals surface area contributed by atoms with Crippen molar-refractivity contribution in [2.24, 2.45) is 0 Å². The van der Waals surface area contributed by atoms with Crippen LogP contribution in [-0.4, -0.2) is 71.1 Å². The summed E-state index contributed by atoms with van der Waals surface area (Å²) in [6, 6.07) is 5.60. The van der Waals surface area contributed by atoms with Gasteiger partial charge in [0.1, 0.15) is 5.69 Å². The second-order valence-electron chi connectivity index (χ2n) is 8.00. The first-order valence-electron chi connectivity index (χ1n) is 11.1. The summed E-state index contributed by atoms with van der Waals surface area (Å²) in [6.07, 6.45) is 8.39. The van der Waals surface area contributed by atoms with E-state index in [0.29, 0.717) is 36.8 Å². The second-order valence-corrected chi connectivity index (χ2v) is 8.00. The number of hydrogen-bond acceptors (Lipinski definition) is 7. The van der Waals surface area contributed by atoms with Gasteiger partial charge in [-0.3, -0.25) is 14.6 Å². The first-order valence-corrected chi connectivity index (χ1v) is 11.1. The number of benzene rings is 1. The number of aromatic nitrogens is 2. The first-order chi connectivity index (χ1) is 15.7. The number of hydrogen-bond donors (Lipinski definition) is 1. The lowest BCUT2D eigenvalue weighted by Gasteiger charge is -2.30. The molecule has 0 atom stereocenters. The van der Waals surface area contributed by atoms with E-state index in [1.165, 1.54) is 31.7 Å². The molecule has 0 spiro atoms. The minimum absolute atomic E-state index is 0.113. The Bertz CT molecular complexity index is 918. The lowest BCUT2D eigenvalue weighted by molar-refractivity contribution is -0.121. The van der Waals surface area contributed by atoms with Crippen LogP contribution in [0.4, 0.5) is 0 Å². The van der Waals surface area contributed by atoms with Crippen molar-refractivity contribution in [2.75, 3.05) is 39.5 Å². The number of likely N-dealkylation sites (tertiary alicyclic amines) is 1. The van der Waals surface area contributed by atoms with Gasteiger partial charge in [-0.25, -0.2) is 4.98 Å². The van der Waals surface area contributed by atoms with Gasteiger partial charge in [0.2, 0.25) is 12.7 Å². The number of carbonyl (C=O) groups excluding carboxylic acids is 2. The maximum Gasteiger partial charge on any atom is 0.274 e. The molecule has 4 rings (SSSR count). The maximum atomic E-state index is 13.0. The van der Waals surface area contributed by atoms with Gasteiger partial charge in [0.05, 0.1) is 6.20 Å². The van der Waals surface area contributed by atoms with Gasteiger partial charge in [-0.15, -0.1) is 0 Å². The van der Waals surface area contributed by atoms with E-state index in [-0.39, 0.29) is 25.0 Å². The van der Waals surface area contributed by atoms with Crippen molar-refractivity contribution < 1.29 is 19.1 Å². The van der Waals surface area contributed by atoms with Gasteiger partial charge in [-0.2, -0.15) is 0 Å². The fourth-order valence-corrected chi connectivity index (χ4v) is 3.91. The number of ether oxygens (including phenoxy) is 2. The second kappa shape index (κ2) is 10.9. The molecule has 170 valence electrons. The summed E-state index contributed by atoms with van der Waals surface area (Å²) in [5.41, 5.74) is 1.23. The molecule has 1 fully saturated rings. The predicted octanol–water partition coefficient (Wildman–Crippen LogP) is 1.84. The van der Waals surface area contributed by atoms with Crippen molar-refractivity contribution in [3.63, 3.8) is 0 Å². The molecule has 9 heteroatoms. The topological polar surface area (TPSA) is 96.9 Å². The highest BCUT2D eigenvalue weighted by atomic mass is 16.7. The first kappa shape index (κ1) is 22.0. The van der Waals surface area contributed by atoms with Crippen molar-refractivity contribution in [1.82, 2.24) is 25.1 Å². The molecule has 1 aromatic carbocycles. The number of rotatable bonds is 9. The average molecular weight is 440 g/mol. The number of carbonyl (C=O) groups is 2. The molecule has 0 saturated carbocycles. The number of amides is 2. The smallest absolute Gasteiger partial charge is 0.274 e. The van der Waals surface area contributed by atoms with Gasteiger partial charge >= 0.3 is 0 Å². The quantitative estimate of drug-likeness (QED) is 0.637. The molecule has 0 bridgehead atoms. The summed E-state index contributed by atoms with van der Waals surface area (Å²) in [5, 5.41) is 2.92. The Kier molecular flexibility index (Phi) is 7.50. The van der Waals surface area contributed by atoms with Gasteiger partial charge in [-0.1, -0.05) is 12.5 Å². The van der Waals surface area contributed by atoms with Crippen molar-refractivity contribution >= 4 is 11.8 Å².